The topological polar surface area (TPSA) is 71.2 Å². The van der Waals surface area contributed by atoms with Crippen LogP contribution in [0.2, 0.25) is 0 Å². The van der Waals surface area contributed by atoms with Crippen LogP contribution in [0.25, 0.3) is 0 Å². The van der Waals surface area contributed by atoms with Crippen molar-refractivity contribution >= 4 is 5.82 Å². The molecular weight excluding hydrogens is 304 g/mol. The van der Waals surface area contributed by atoms with Gasteiger partial charge in [0.05, 0.1) is 6.54 Å². The molecule has 2 aliphatic rings. The second kappa shape index (κ2) is 6.47. The minimum Gasteiger partial charge on any atom is -0.355 e. The van der Waals surface area contributed by atoms with Crippen molar-refractivity contribution in [3.05, 3.63) is 29.3 Å². The van der Waals surface area contributed by atoms with Gasteiger partial charge in [-0.2, -0.15) is 4.98 Å². The Hall–Kier alpha value is -2.02. The number of hydrogen-bond donors (Lipinski definition) is 0. The van der Waals surface area contributed by atoms with E-state index in [1.807, 2.05) is 6.92 Å². The number of aryl methyl sites for hydroxylation is 2. The van der Waals surface area contributed by atoms with Gasteiger partial charge in [-0.3, -0.25) is 4.90 Å². The molecule has 0 spiro atoms. The Morgan fingerprint density at radius 3 is 3.04 bits per heavy atom. The lowest BCUT2D eigenvalue weighted by atomic mass is 10.0. The molecule has 1 fully saturated rings. The van der Waals surface area contributed by atoms with E-state index in [9.17, 15) is 0 Å². The van der Waals surface area contributed by atoms with Crippen LogP contribution in [0.1, 0.15) is 42.2 Å². The van der Waals surface area contributed by atoms with Crippen LogP contribution in [0.3, 0.4) is 0 Å². The molecule has 1 unspecified atom stereocenters. The van der Waals surface area contributed by atoms with Crippen LogP contribution in [-0.4, -0.2) is 51.2 Å². The quantitative estimate of drug-likeness (QED) is 0.847. The number of piperidine rings is 1. The number of hydrogen-bond acceptors (Lipinski definition) is 7. The molecule has 0 N–H and O–H groups in total. The molecule has 1 aliphatic heterocycles. The zero-order chi connectivity index (χ0) is 16.5. The standard InChI is InChI=1S/C17H24N6O/c1-12-20-16(21-24-12)10-23-8-4-5-13(9-23)22(2)17-14-6-3-7-15(14)18-11-19-17/h11,13H,3-10H2,1-2H3. The van der Waals surface area contributed by atoms with Crippen LogP contribution in [0.15, 0.2) is 10.9 Å². The number of likely N-dealkylation sites (tertiary alicyclic amines) is 1. The summed E-state index contributed by atoms with van der Waals surface area (Å²) in [6.45, 7) is 4.67. The number of aromatic nitrogens is 4. The monoisotopic (exact) mass is 328 g/mol. The van der Waals surface area contributed by atoms with Gasteiger partial charge in [-0.1, -0.05) is 5.16 Å². The van der Waals surface area contributed by atoms with Crippen molar-refractivity contribution in [2.75, 3.05) is 25.0 Å². The van der Waals surface area contributed by atoms with Gasteiger partial charge in [0.2, 0.25) is 5.89 Å². The minimum atomic E-state index is 0.464. The molecule has 1 atom stereocenters. The van der Waals surface area contributed by atoms with E-state index >= 15 is 0 Å². The summed E-state index contributed by atoms with van der Waals surface area (Å²) in [7, 11) is 2.17. The fourth-order valence-corrected chi connectivity index (χ4v) is 3.92. The molecule has 4 rings (SSSR count). The van der Waals surface area contributed by atoms with Crippen molar-refractivity contribution in [2.24, 2.45) is 0 Å². The summed E-state index contributed by atoms with van der Waals surface area (Å²) >= 11 is 0. The molecule has 0 radical (unpaired) electrons. The predicted octanol–water partition coefficient (Wildman–Crippen LogP) is 1.76. The lowest BCUT2D eigenvalue weighted by Gasteiger charge is -2.38. The van der Waals surface area contributed by atoms with Crippen LogP contribution in [0.5, 0.6) is 0 Å². The molecule has 128 valence electrons. The summed E-state index contributed by atoms with van der Waals surface area (Å²) < 4.78 is 5.08. The third-order valence-electron chi connectivity index (χ3n) is 5.15. The second-order valence-corrected chi connectivity index (χ2v) is 6.85. The maximum Gasteiger partial charge on any atom is 0.223 e. The lowest BCUT2D eigenvalue weighted by Crippen LogP contribution is -2.46. The van der Waals surface area contributed by atoms with Crippen molar-refractivity contribution < 1.29 is 4.52 Å². The molecule has 7 heteroatoms. The van der Waals surface area contributed by atoms with Crippen molar-refractivity contribution in [3.63, 3.8) is 0 Å². The SMILES string of the molecule is Cc1nc(CN2CCCC(N(C)c3ncnc4c3CCC4)C2)no1. The molecule has 0 amide bonds. The van der Waals surface area contributed by atoms with Gasteiger partial charge in [0.15, 0.2) is 5.82 Å². The van der Waals surface area contributed by atoms with Gasteiger partial charge in [-0.15, -0.1) is 0 Å². The fourth-order valence-electron chi connectivity index (χ4n) is 3.92. The smallest absolute Gasteiger partial charge is 0.223 e. The number of anilines is 1. The maximum absolute atomic E-state index is 5.08. The second-order valence-electron chi connectivity index (χ2n) is 6.85. The van der Waals surface area contributed by atoms with E-state index in [0.717, 1.165) is 44.1 Å². The molecular formula is C17H24N6O. The van der Waals surface area contributed by atoms with Gasteiger partial charge >= 0.3 is 0 Å². The maximum atomic E-state index is 5.08. The predicted molar refractivity (Wildman–Crippen MR) is 89.8 cm³/mol. The van der Waals surface area contributed by atoms with Crippen LogP contribution in [0.4, 0.5) is 5.82 Å². The third kappa shape index (κ3) is 3.00. The summed E-state index contributed by atoms with van der Waals surface area (Å²) in [5, 5.41) is 4.02. The van der Waals surface area contributed by atoms with E-state index in [0.29, 0.717) is 11.9 Å². The highest BCUT2D eigenvalue weighted by molar-refractivity contribution is 5.50. The first-order chi connectivity index (χ1) is 11.7. The van der Waals surface area contributed by atoms with Crippen LogP contribution in [0, 0.1) is 6.92 Å². The summed E-state index contributed by atoms with van der Waals surface area (Å²) in [5.74, 6) is 2.53. The van der Waals surface area contributed by atoms with E-state index in [1.165, 1.54) is 30.5 Å². The fraction of sp³-hybridized carbons (Fsp3) is 0.647. The lowest BCUT2D eigenvalue weighted by molar-refractivity contribution is 0.192. The Labute approximate surface area is 142 Å². The average molecular weight is 328 g/mol. The Balaban J connectivity index is 1.47. The first-order valence-corrected chi connectivity index (χ1v) is 8.78. The number of fused-ring (bicyclic) bond motifs is 1. The van der Waals surface area contributed by atoms with E-state index in [1.54, 1.807) is 6.33 Å². The van der Waals surface area contributed by atoms with E-state index in [-0.39, 0.29) is 0 Å². The summed E-state index contributed by atoms with van der Waals surface area (Å²) in [6.07, 6.45) is 7.48. The number of rotatable bonds is 4. The summed E-state index contributed by atoms with van der Waals surface area (Å²) in [6, 6.07) is 0.464. The molecule has 0 aromatic carbocycles. The summed E-state index contributed by atoms with van der Waals surface area (Å²) in [4.78, 5) is 18.1. The van der Waals surface area contributed by atoms with Gasteiger partial charge in [0, 0.05) is 37.8 Å². The normalized spacial score (nSPS) is 21.0. The molecule has 0 bridgehead atoms. The molecule has 3 heterocycles. The largest absolute Gasteiger partial charge is 0.355 e. The molecule has 1 aliphatic carbocycles. The van der Waals surface area contributed by atoms with E-state index in [2.05, 4.69) is 37.0 Å². The zero-order valence-electron chi connectivity index (χ0n) is 14.4. The molecule has 2 aromatic rings. The van der Waals surface area contributed by atoms with Crippen molar-refractivity contribution in [2.45, 2.75) is 51.6 Å². The first-order valence-electron chi connectivity index (χ1n) is 8.78. The van der Waals surface area contributed by atoms with E-state index < -0.39 is 0 Å². The molecule has 24 heavy (non-hydrogen) atoms. The van der Waals surface area contributed by atoms with Crippen LogP contribution in [-0.2, 0) is 19.4 Å². The van der Waals surface area contributed by atoms with Gasteiger partial charge in [0.1, 0.15) is 12.1 Å². The third-order valence-corrected chi connectivity index (χ3v) is 5.15. The Morgan fingerprint density at radius 2 is 2.21 bits per heavy atom. The van der Waals surface area contributed by atoms with Crippen molar-refractivity contribution in [1.82, 2.24) is 25.0 Å². The number of nitrogens with zero attached hydrogens (tertiary/aromatic N) is 6. The van der Waals surface area contributed by atoms with Gasteiger partial charge in [-0.25, -0.2) is 9.97 Å². The zero-order valence-corrected chi connectivity index (χ0v) is 14.4. The highest BCUT2D eigenvalue weighted by Crippen LogP contribution is 2.29. The van der Waals surface area contributed by atoms with Crippen molar-refractivity contribution in [1.29, 1.82) is 0 Å². The highest BCUT2D eigenvalue weighted by Gasteiger charge is 2.28. The molecule has 1 saturated heterocycles. The average Bonchev–Trinajstić information content (AvgIpc) is 3.23. The van der Waals surface area contributed by atoms with Gasteiger partial charge in [-0.05, 0) is 38.6 Å². The Morgan fingerprint density at radius 1 is 1.29 bits per heavy atom. The van der Waals surface area contributed by atoms with Gasteiger partial charge in [0.25, 0.3) is 0 Å². The Bertz CT molecular complexity index is 715. The van der Waals surface area contributed by atoms with Crippen LogP contribution < -0.4 is 4.90 Å². The molecule has 7 nitrogen and oxygen atoms in total. The van der Waals surface area contributed by atoms with Crippen LogP contribution >= 0.6 is 0 Å². The van der Waals surface area contributed by atoms with Crippen molar-refractivity contribution in [3.8, 4) is 0 Å². The first kappa shape index (κ1) is 15.5. The number of likely N-dealkylation sites (N-methyl/N-ethyl adjacent to an activating group) is 1. The van der Waals surface area contributed by atoms with E-state index in [4.69, 9.17) is 4.52 Å². The molecule has 2 aromatic heterocycles. The molecule has 0 saturated carbocycles. The summed E-state index contributed by atoms with van der Waals surface area (Å²) in [5.41, 5.74) is 2.59. The minimum absolute atomic E-state index is 0.464. The van der Waals surface area contributed by atoms with Gasteiger partial charge < -0.3 is 9.42 Å². The Kier molecular flexibility index (Phi) is 4.18. The highest BCUT2D eigenvalue weighted by atomic mass is 16.5.